The van der Waals surface area contributed by atoms with Crippen LogP contribution in [0.2, 0.25) is 5.02 Å². The van der Waals surface area contributed by atoms with E-state index in [1.54, 1.807) is 33.5 Å². The maximum atomic E-state index is 14.1. The molecule has 4 rings (SSSR count). The van der Waals surface area contributed by atoms with E-state index in [1.165, 1.54) is 25.3 Å². The van der Waals surface area contributed by atoms with Crippen LogP contribution < -0.4 is 19.5 Å². The Labute approximate surface area is 206 Å². The lowest BCUT2D eigenvalue weighted by atomic mass is 9.98. The fraction of sp³-hybridized carbons (Fsp3) is 0.148. The van der Waals surface area contributed by atoms with Crippen LogP contribution in [-0.2, 0) is 4.79 Å². The highest BCUT2D eigenvalue weighted by Crippen LogP contribution is 2.41. The van der Waals surface area contributed by atoms with Crippen molar-refractivity contribution in [3.05, 3.63) is 77.3 Å². The molecule has 0 atom stereocenters. The van der Waals surface area contributed by atoms with Crippen molar-refractivity contribution in [1.29, 1.82) is 0 Å². The third-order valence-electron chi connectivity index (χ3n) is 5.55. The number of fused-ring (bicyclic) bond motifs is 1. The van der Waals surface area contributed by atoms with Gasteiger partial charge in [-0.3, -0.25) is 4.79 Å². The fourth-order valence-electron chi connectivity index (χ4n) is 3.80. The van der Waals surface area contributed by atoms with E-state index in [0.29, 0.717) is 34.0 Å². The molecule has 3 aromatic carbocycles. The van der Waals surface area contributed by atoms with Crippen LogP contribution in [0.5, 0.6) is 17.2 Å². The Morgan fingerprint density at radius 2 is 1.74 bits per heavy atom. The van der Waals surface area contributed by atoms with Crippen molar-refractivity contribution in [2.75, 3.05) is 26.6 Å². The minimum atomic E-state index is -0.619. The summed E-state index contributed by atoms with van der Waals surface area (Å²) in [5.74, 6) is 0.739. The summed E-state index contributed by atoms with van der Waals surface area (Å²) in [5.41, 5.74) is 3.51. The van der Waals surface area contributed by atoms with Gasteiger partial charge in [-0.15, -0.1) is 0 Å². The van der Waals surface area contributed by atoms with Gasteiger partial charge < -0.3 is 23.9 Å². The van der Waals surface area contributed by atoms with Gasteiger partial charge in [-0.05, 0) is 55.0 Å². The predicted molar refractivity (Wildman–Crippen MR) is 135 cm³/mol. The number of anilines is 1. The standard InChI is InChI=1S/C27H23ClFNO5/c1-15(9-27(31)30-23-7-5-16(28)10-22(23)29)18-12-20-21(14-35-26(20)13-25(18)34-4)19-11-17(32-2)6-8-24(19)33-3/h5-14H,1-4H3,(H,30,31)/b15-9+. The predicted octanol–water partition coefficient (Wildman–Crippen LogP) is 6.96. The number of nitrogens with one attached hydrogen (secondary N) is 1. The first kappa shape index (κ1) is 24.2. The Morgan fingerprint density at radius 1 is 0.971 bits per heavy atom. The number of furan rings is 1. The summed E-state index contributed by atoms with van der Waals surface area (Å²) in [4.78, 5) is 12.6. The van der Waals surface area contributed by atoms with Gasteiger partial charge in [0.05, 0.1) is 33.3 Å². The zero-order valence-electron chi connectivity index (χ0n) is 19.6. The van der Waals surface area contributed by atoms with Gasteiger partial charge in [0, 0.05) is 39.2 Å². The highest BCUT2D eigenvalue weighted by Gasteiger charge is 2.18. The third kappa shape index (κ3) is 4.95. The minimum Gasteiger partial charge on any atom is -0.497 e. The molecule has 0 aliphatic heterocycles. The van der Waals surface area contributed by atoms with Gasteiger partial charge in [0.15, 0.2) is 0 Å². The number of amides is 1. The molecule has 0 radical (unpaired) electrons. The summed E-state index contributed by atoms with van der Waals surface area (Å²) >= 11 is 5.78. The molecule has 0 bridgehead atoms. The van der Waals surface area contributed by atoms with Gasteiger partial charge in [-0.2, -0.15) is 0 Å². The van der Waals surface area contributed by atoms with E-state index >= 15 is 0 Å². The first-order valence-corrected chi connectivity index (χ1v) is 11.0. The first-order chi connectivity index (χ1) is 16.8. The van der Waals surface area contributed by atoms with Crippen LogP contribution in [0.25, 0.3) is 27.7 Å². The number of carbonyl (C=O) groups excluding carboxylic acids is 1. The molecule has 1 aromatic heterocycles. The molecule has 4 aromatic rings. The van der Waals surface area contributed by atoms with Crippen LogP contribution in [-0.4, -0.2) is 27.2 Å². The summed E-state index contributed by atoms with van der Waals surface area (Å²) in [5, 5.41) is 3.57. The molecule has 1 heterocycles. The molecule has 1 N–H and O–H groups in total. The quantitative estimate of drug-likeness (QED) is 0.281. The van der Waals surface area contributed by atoms with Gasteiger partial charge in [0.25, 0.3) is 0 Å². The van der Waals surface area contributed by atoms with E-state index in [-0.39, 0.29) is 10.7 Å². The number of rotatable bonds is 7. The number of benzene rings is 3. The lowest BCUT2D eigenvalue weighted by Crippen LogP contribution is -2.10. The highest BCUT2D eigenvalue weighted by atomic mass is 35.5. The Bertz CT molecular complexity index is 1440. The number of carbonyl (C=O) groups is 1. The fourth-order valence-corrected chi connectivity index (χ4v) is 3.96. The molecule has 0 aliphatic carbocycles. The second-order valence-corrected chi connectivity index (χ2v) is 8.14. The van der Waals surface area contributed by atoms with Gasteiger partial charge in [-0.25, -0.2) is 4.39 Å². The van der Waals surface area contributed by atoms with Gasteiger partial charge in [0.2, 0.25) is 5.91 Å². The molecular formula is C27H23ClFNO5. The van der Waals surface area contributed by atoms with Crippen molar-refractivity contribution in [3.8, 4) is 28.4 Å². The van der Waals surface area contributed by atoms with Gasteiger partial charge >= 0.3 is 0 Å². The molecule has 0 saturated heterocycles. The van der Waals surface area contributed by atoms with E-state index < -0.39 is 11.7 Å². The number of hydrogen-bond donors (Lipinski definition) is 1. The topological polar surface area (TPSA) is 69.9 Å². The number of hydrogen-bond acceptors (Lipinski definition) is 5. The maximum absolute atomic E-state index is 14.1. The average Bonchev–Trinajstić information content (AvgIpc) is 3.27. The number of ether oxygens (including phenoxy) is 3. The zero-order valence-corrected chi connectivity index (χ0v) is 20.3. The van der Waals surface area contributed by atoms with Crippen molar-refractivity contribution >= 4 is 39.7 Å². The van der Waals surface area contributed by atoms with Crippen molar-refractivity contribution < 1.29 is 27.8 Å². The Kier molecular flexibility index (Phi) is 6.98. The Morgan fingerprint density at radius 3 is 2.43 bits per heavy atom. The van der Waals surface area contributed by atoms with Crippen LogP contribution >= 0.6 is 11.6 Å². The maximum Gasteiger partial charge on any atom is 0.248 e. The smallest absolute Gasteiger partial charge is 0.248 e. The largest absolute Gasteiger partial charge is 0.497 e. The summed E-state index contributed by atoms with van der Waals surface area (Å²) in [6.45, 7) is 1.77. The lowest BCUT2D eigenvalue weighted by Gasteiger charge is -2.12. The second-order valence-electron chi connectivity index (χ2n) is 7.71. The Hall–Kier alpha value is -3.97. The van der Waals surface area contributed by atoms with Crippen LogP contribution in [0.3, 0.4) is 0 Å². The second kappa shape index (κ2) is 10.1. The SMILES string of the molecule is COc1ccc(OC)c(-c2coc3cc(OC)c(/C(C)=C/C(=O)Nc4ccc(Cl)cc4F)cc23)c1. The molecule has 180 valence electrons. The Balaban J connectivity index is 1.75. The number of halogens is 2. The molecule has 35 heavy (non-hydrogen) atoms. The minimum absolute atomic E-state index is 0.0353. The van der Waals surface area contributed by atoms with Gasteiger partial charge in [0.1, 0.15) is 28.6 Å². The average molecular weight is 496 g/mol. The number of allylic oxidation sites excluding steroid dienone is 1. The van der Waals surface area contributed by atoms with Crippen LogP contribution in [0.4, 0.5) is 10.1 Å². The van der Waals surface area contributed by atoms with Crippen LogP contribution in [0, 0.1) is 5.82 Å². The van der Waals surface area contributed by atoms with Gasteiger partial charge in [-0.1, -0.05) is 11.6 Å². The summed E-state index contributed by atoms with van der Waals surface area (Å²) < 4.78 is 36.4. The zero-order chi connectivity index (χ0) is 25.1. The monoisotopic (exact) mass is 495 g/mol. The summed E-state index contributed by atoms with van der Waals surface area (Å²) in [6.07, 6.45) is 3.02. The van der Waals surface area contributed by atoms with Crippen LogP contribution in [0.15, 0.2) is 65.3 Å². The molecule has 1 amide bonds. The van der Waals surface area contributed by atoms with Crippen molar-refractivity contribution in [2.45, 2.75) is 6.92 Å². The normalized spacial score (nSPS) is 11.4. The molecule has 0 unspecified atom stereocenters. The molecule has 0 saturated carbocycles. The van der Waals surface area contributed by atoms with E-state index in [9.17, 15) is 9.18 Å². The van der Waals surface area contributed by atoms with E-state index in [4.69, 9.17) is 30.2 Å². The van der Waals surface area contributed by atoms with E-state index in [1.807, 2.05) is 24.3 Å². The van der Waals surface area contributed by atoms with Crippen molar-refractivity contribution in [1.82, 2.24) is 0 Å². The molecule has 0 spiro atoms. The van der Waals surface area contributed by atoms with E-state index in [2.05, 4.69) is 5.32 Å². The molecule has 8 heteroatoms. The lowest BCUT2D eigenvalue weighted by molar-refractivity contribution is -0.111. The summed E-state index contributed by atoms with van der Waals surface area (Å²) in [7, 11) is 4.73. The molecule has 6 nitrogen and oxygen atoms in total. The first-order valence-electron chi connectivity index (χ1n) is 10.6. The third-order valence-corrected chi connectivity index (χ3v) is 5.79. The highest BCUT2D eigenvalue weighted by molar-refractivity contribution is 6.30. The molecule has 0 aliphatic rings. The molecule has 0 fully saturated rings. The van der Waals surface area contributed by atoms with E-state index in [0.717, 1.165) is 22.6 Å². The van der Waals surface area contributed by atoms with Crippen molar-refractivity contribution in [3.63, 3.8) is 0 Å². The number of methoxy groups -OCH3 is 3. The van der Waals surface area contributed by atoms with Crippen LogP contribution in [0.1, 0.15) is 12.5 Å². The van der Waals surface area contributed by atoms with Crippen molar-refractivity contribution in [2.24, 2.45) is 0 Å². The molecular weight excluding hydrogens is 473 g/mol. The summed E-state index contributed by atoms with van der Waals surface area (Å²) in [6, 6.07) is 13.2.